The zero-order valence-corrected chi connectivity index (χ0v) is 13.4. The number of fused-ring (bicyclic) bond motifs is 1. The second-order valence-corrected chi connectivity index (χ2v) is 7.64. The van der Waals surface area contributed by atoms with Gasteiger partial charge in [0.05, 0.1) is 0 Å². The average Bonchev–Trinajstić information content (AvgIpc) is 2.73. The number of hydrogen-bond acceptors (Lipinski definition) is 4. The number of nitrogens with zero attached hydrogens (tertiary/aromatic N) is 2. The smallest absolute Gasteiger partial charge is 0.259 e. The van der Waals surface area contributed by atoms with Crippen molar-refractivity contribution in [1.29, 1.82) is 0 Å². The van der Waals surface area contributed by atoms with Crippen molar-refractivity contribution in [3.05, 3.63) is 29.5 Å². The van der Waals surface area contributed by atoms with Gasteiger partial charge >= 0.3 is 0 Å². The molecule has 0 fully saturated rings. The molecule has 0 spiro atoms. The van der Waals surface area contributed by atoms with Crippen molar-refractivity contribution in [2.45, 2.75) is 25.3 Å². The van der Waals surface area contributed by atoms with Gasteiger partial charge in [0, 0.05) is 19.3 Å². The minimum absolute atomic E-state index is 0.00506. The van der Waals surface area contributed by atoms with E-state index < -0.39 is 10.0 Å². The molecule has 21 heavy (non-hydrogen) atoms. The van der Waals surface area contributed by atoms with Crippen LogP contribution in [0, 0.1) is 5.41 Å². The number of aliphatic hydroxyl groups is 1. The molecule has 0 radical (unpaired) electrons. The van der Waals surface area contributed by atoms with Crippen molar-refractivity contribution in [2.75, 3.05) is 13.2 Å². The van der Waals surface area contributed by atoms with Gasteiger partial charge in [-0.1, -0.05) is 31.5 Å². The highest BCUT2D eigenvalue weighted by atomic mass is 35.5. The molecule has 2 aromatic rings. The predicted molar refractivity (Wildman–Crippen MR) is 80.9 cm³/mol. The van der Waals surface area contributed by atoms with Crippen LogP contribution in [0.2, 0.25) is 5.15 Å². The minimum Gasteiger partial charge on any atom is -0.396 e. The number of imidazole rings is 1. The third-order valence-corrected chi connectivity index (χ3v) is 5.03. The van der Waals surface area contributed by atoms with E-state index in [2.05, 4.69) is 9.71 Å². The van der Waals surface area contributed by atoms with Gasteiger partial charge < -0.3 is 5.11 Å². The first kappa shape index (κ1) is 16.2. The molecule has 0 unspecified atom stereocenters. The largest absolute Gasteiger partial charge is 0.396 e. The van der Waals surface area contributed by atoms with Gasteiger partial charge in [-0.25, -0.2) is 18.1 Å². The molecule has 0 aromatic carbocycles. The number of nitrogens with one attached hydrogen (secondary N) is 1. The molecular formula is C13H18ClN3O3S. The fourth-order valence-corrected chi connectivity index (χ4v) is 3.82. The van der Waals surface area contributed by atoms with Crippen molar-refractivity contribution in [2.24, 2.45) is 5.41 Å². The third kappa shape index (κ3) is 3.55. The second-order valence-electron chi connectivity index (χ2n) is 5.60. The summed E-state index contributed by atoms with van der Waals surface area (Å²) >= 11 is 5.97. The van der Waals surface area contributed by atoms with Gasteiger partial charge in [-0.05, 0) is 24.0 Å². The van der Waals surface area contributed by atoms with Crippen LogP contribution in [0.1, 0.15) is 20.3 Å². The number of hydrogen-bond donors (Lipinski definition) is 2. The molecule has 0 saturated carbocycles. The maximum atomic E-state index is 12.5. The fraction of sp³-hybridized carbons (Fsp3) is 0.462. The topological polar surface area (TPSA) is 83.7 Å². The van der Waals surface area contributed by atoms with E-state index in [1.54, 1.807) is 24.4 Å². The molecule has 6 nitrogen and oxygen atoms in total. The predicted octanol–water partition coefficient (Wildman–Crippen LogP) is 1.67. The maximum Gasteiger partial charge on any atom is 0.259 e. The lowest BCUT2D eigenvalue weighted by molar-refractivity contribution is 0.213. The first-order valence-electron chi connectivity index (χ1n) is 6.50. The van der Waals surface area contributed by atoms with Crippen LogP contribution in [-0.4, -0.2) is 36.1 Å². The van der Waals surface area contributed by atoms with Gasteiger partial charge in [0.2, 0.25) is 0 Å². The van der Waals surface area contributed by atoms with E-state index in [9.17, 15) is 8.42 Å². The van der Waals surface area contributed by atoms with Gasteiger partial charge in [0.25, 0.3) is 10.0 Å². The Morgan fingerprint density at radius 1 is 1.43 bits per heavy atom. The Labute approximate surface area is 128 Å². The summed E-state index contributed by atoms with van der Waals surface area (Å²) < 4.78 is 28.9. The first-order valence-corrected chi connectivity index (χ1v) is 8.36. The highest BCUT2D eigenvalue weighted by molar-refractivity contribution is 7.89. The van der Waals surface area contributed by atoms with E-state index in [4.69, 9.17) is 16.7 Å². The summed E-state index contributed by atoms with van der Waals surface area (Å²) in [5.74, 6) is 0. The molecule has 2 heterocycles. The molecule has 116 valence electrons. The Hall–Kier alpha value is -1.15. The highest BCUT2D eigenvalue weighted by Crippen LogP contribution is 2.24. The molecule has 0 aliphatic carbocycles. The first-order chi connectivity index (χ1) is 9.77. The molecule has 0 aliphatic heterocycles. The van der Waals surface area contributed by atoms with Crippen molar-refractivity contribution in [3.8, 4) is 0 Å². The third-order valence-electron chi connectivity index (χ3n) is 3.23. The monoisotopic (exact) mass is 331 g/mol. The summed E-state index contributed by atoms with van der Waals surface area (Å²) in [4.78, 5) is 4.03. The van der Waals surface area contributed by atoms with Gasteiger partial charge in [-0.2, -0.15) is 0 Å². The molecule has 0 aliphatic rings. The Morgan fingerprint density at radius 3 is 2.81 bits per heavy atom. The van der Waals surface area contributed by atoms with Crippen molar-refractivity contribution >= 4 is 27.3 Å². The highest BCUT2D eigenvalue weighted by Gasteiger charge is 2.27. The summed E-state index contributed by atoms with van der Waals surface area (Å²) in [7, 11) is -3.79. The average molecular weight is 332 g/mol. The molecule has 0 bridgehead atoms. The maximum absolute atomic E-state index is 12.5. The van der Waals surface area contributed by atoms with Crippen LogP contribution in [0.5, 0.6) is 0 Å². The second kappa shape index (κ2) is 5.92. The van der Waals surface area contributed by atoms with E-state index >= 15 is 0 Å². The van der Waals surface area contributed by atoms with Crippen LogP contribution >= 0.6 is 11.6 Å². The quantitative estimate of drug-likeness (QED) is 0.843. The van der Waals surface area contributed by atoms with E-state index in [0.717, 1.165) is 0 Å². The summed E-state index contributed by atoms with van der Waals surface area (Å²) in [6, 6.07) is 5.15. The van der Waals surface area contributed by atoms with Crippen LogP contribution in [0.3, 0.4) is 0 Å². The number of sulfonamides is 1. The van der Waals surface area contributed by atoms with Crippen molar-refractivity contribution in [3.63, 3.8) is 0 Å². The number of rotatable bonds is 6. The summed E-state index contributed by atoms with van der Waals surface area (Å²) in [5, 5.41) is 8.86. The summed E-state index contributed by atoms with van der Waals surface area (Å²) in [6.45, 7) is 3.96. The number of halogens is 1. The van der Waals surface area contributed by atoms with Gasteiger partial charge in [0.1, 0.15) is 5.65 Å². The normalized spacial score (nSPS) is 13.0. The van der Waals surface area contributed by atoms with Crippen LogP contribution in [0.15, 0.2) is 29.4 Å². The summed E-state index contributed by atoms with van der Waals surface area (Å²) in [6.07, 6.45) is 2.10. The SMILES string of the molecule is CC(C)(CCO)CNS(=O)(=O)c1c(Cl)nc2ccccn12. The number of aromatic nitrogens is 2. The molecular weight excluding hydrogens is 314 g/mol. The Morgan fingerprint density at radius 2 is 2.14 bits per heavy atom. The Balaban J connectivity index is 2.32. The zero-order chi connectivity index (χ0) is 15.7. The number of aliphatic hydroxyl groups excluding tert-OH is 1. The molecule has 0 amide bonds. The fourth-order valence-electron chi connectivity index (χ4n) is 1.93. The summed E-state index contributed by atoms with van der Waals surface area (Å²) in [5.41, 5.74) is 0.118. The number of pyridine rings is 1. The van der Waals surface area contributed by atoms with E-state index in [1.165, 1.54) is 4.40 Å². The lowest BCUT2D eigenvalue weighted by Crippen LogP contribution is -2.35. The van der Waals surface area contributed by atoms with Crippen LogP contribution < -0.4 is 4.72 Å². The van der Waals surface area contributed by atoms with Gasteiger partial charge in [-0.3, -0.25) is 4.40 Å². The van der Waals surface area contributed by atoms with Crippen LogP contribution in [-0.2, 0) is 10.0 Å². The lowest BCUT2D eigenvalue weighted by atomic mass is 9.90. The minimum atomic E-state index is -3.79. The Bertz CT molecular complexity index is 740. The Kier molecular flexibility index (Phi) is 4.57. The van der Waals surface area contributed by atoms with Crippen LogP contribution in [0.4, 0.5) is 0 Å². The van der Waals surface area contributed by atoms with Gasteiger partial charge in [0.15, 0.2) is 10.2 Å². The molecule has 0 atom stereocenters. The van der Waals surface area contributed by atoms with E-state index in [1.807, 2.05) is 13.8 Å². The van der Waals surface area contributed by atoms with Gasteiger partial charge in [-0.15, -0.1) is 0 Å². The van der Waals surface area contributed by atoms with Crippen molar-refractivity contribution in [1.82, 2.24) is 14.1 Å². The molecule has 2 aromatic heterocycles. The lowest BCUT2D eigenvalue weighted by Gasteiger charge is -2.23. The van der Waals surface area contributed by atoms with E-state index in [0.29, 0.717) is 12.1 Å². The molecule has 2 rings (SSSR count). The molecule has 2 N–H and O–H groups in total. The molecule has 0 saturated heterocycles. The van der Waals surface area contributed by atoms with Crippen molar-refractivity contribution < 1.29 is 13.5 Å². The zero-order valence-electron chi connectivity index (χ0n) is 11.9. The van der Waals surface area contributed by atoms with E-state index in [-0.39, 0.29) is 28.7 Å². The standard InChI is InChI=1S/C13H18ClN3O3S/c1-13(2,6-8-18)9-15-21(19,20)12-11(14)16-10-5-3-4-7-17(10)12/h3-5,7,15,18H,6,8-9H2,1-2H3. The molecule has 8 heteroatoms. The van der Waals surface area contributed by atoms with Crippen LogP contribution in [0.25, 0.3) is 5.65 Å².